The average Bonchev–Trinajstić information content (AvgIpc) is 2.29. The average molecular weight is 239 g/mol. The molecule has 1 rings (SSSR count). The molecule has 7 heteroatoms. The Labute approximate surface area is 97.7 Å². The van der Waals surface area contributed by atoms with E-state index in [-0.39, 0.29) is 17.0 Å². The van der Waals surface area contributed by atoms with E-state index in [2.05, 4.69) is 5.32 Å². The van der Waals surface area contributed by atoms with Crippen molar-refractivity contribution >= 4 is 11.6 Å². The molecule has 1 aromatic carbocycles. The molecule has 0 saturated heterocycles. The van der Waals surface area contributed by atoms with Crippen molar-refractivity contribution < 1.29 is 14.5 Å². The first-order chi connectivity index (χ1) is 8.06. The zero-order chi connectivity index (χ0) is 12.8. The number of rotatable bonds is 6. The van der Waals surface area contributed by atoms with Gasteiger partial charge in [-0.1, -0.05) is 0 Å². The molecule has 0 aromatic heterocycles. The fraction of sp³-hybridized carbons (Fsp3) is 0.300. The van der Waals surface area contributed by atoms with Gasteiger partial charge in [0.2, 0.25) is 0 Å². The van der Waals surface area contributed by atoms with Gasteiger partial charge in [0.25, 0.3) is 11.6 Å². The van der Waals surface area contributed by atoms with E-state index >= 15 is 0 Å². The predicted octanol–water partition coefficient (Wildman–Crippen LogP) is 0.292. The molecule has 0 saturated carbocycles. The molecule has 0 aliphatic heterocycles. The topological polar surface area (TPSA) is 107 Å². The summed E-state index contributed by atoms with van der Waals surface area (Å²) in [7, 11) is 1.76. The fourth-order valence-electron chi connectivity index (χ4n) is 1.21. The number of primary amides is 1. The molecule has 1 amide bonds. The van der Waals surface area contributed by atoms with Crippen LogP contribution in [-0.4, -0.2) is 31.0 Å². The third-order valence-corrected chi connectivity index (χ3v) is 2.05. The predicted molar refractivity (Wildman–Crippen MR) is 61.0 cm³/mol. The summed E-state index contributed by atoms with van der Waals surface area (Å²) >= 11 is 0. The highest BCUT2D eigenvalue weighted by atomic mass is 16.6. The number of hydrogen-bond donors (Lipinski definition) is 2. The number of nitro groups is 1. The first-order valence-corrected chi connectivity index (χ1v) is 4.92. The van der Waals surface area contributed by atoms with Crippen LogP contribution >= 0.6 is 0 Å². The van der Waals surface area contributed by atoms with E-state index < -0.39 is 10.8 Å². The van der Waals surface area contributed by atoms with Crippen LogP contribution in [0, 0.1) is 10.1 Å². The molecular formula is C10H13N3O4. The third-order valence-electron chi connectivity index (χ3n) is 2.05. The maximum Gasteiger partial charge on any atom is 0.270 e. The van der Waals surface area contributed by atoms with Crippen molar-refractivity contribution in [1.29, 1.82) is 0 Å². The highest BCUT2D eigenvalue weighted by Gasteiger charge is 2.15. The van der Waals surface area contributed by atoms with E-state index in [1.165, 1.54) is 12.1 Å². The van der Waals surface area contributed by atoms with E-state index in [4.69, 9.17) is 10.5 Å². The minimum atomic E-state index is -0.756. The van der Waals surface area contributed by atoms with Crippen molar-refractivity contribution in [2.24, 2.45) is 5.73 Å². The van der Waals surface area contributed by atoms with Gasteiger partial charge in [-0.2, -0.15) is 0 Å². The first-order valence-electron chi connectivity index (χ1n) is 4.92. The van der Waals surface area contributed by atoms with Gasteiger partial charge in [0.15, 0.2) is 0 Å². The second-order valence-electron chi connectivity index (χ2n) is 3.25. The van der Waals surface area contributed by atoms with Gasteiger partial charge in [0.1, 0.15) is 12.4 Å². The molecule has 17 heavy (non-hydrogen) atoms. The SMILES string of the molecule is CNCCOc1ccc([N+](=O)[O-])cc1C(N)=O. The summed E-state index contributed by atoms with van der Waals surface area (Å²) in [5.74, 6) is -0.508. The van der Waals surface area contributed by atoms with E-state index in [9.17, 15) is 14.9 Å². The van der Waals surface area contributed by atoms with Crippen LogP contribution < -0.4 is 15.8 Å². The Morgan fingerprint density at radius 1 is 1.59 bits per heavy atom. The number of non-ortho nitro benzene ring substituents is 1. The minimum Gasteiger partial charge on any atom is -0.491 e. The van der Waals surface area contributed by atoms with Crippen LogP contribution in [0.3, 0.4) is 0 Å². The third kappa shape index (κ3) is 3.42. The molecule has 0 aliphatic carbocycles. The van der Waals surface area contributed by atoms with Gasteiger partial charge in [-0.25, -0.2) is 0 Å². The Morgan fingerprint density at radius 3 is 2.82 bits per heavy atom. The standard InChI is InChI=1S/C10H13N3O4/c1-12-4-5-17-9-3-2-7(13(15)16)6-8(9)10(11)14/h2-3,6,12H,4-5H2,1H3,(H2,11,14). The van der Waals surface area contributed by atoms with Crippen LogP contribution in [0.2, 0.25) is 0 Å². The quantitative estimate of drug-likeness (QED) is 0.421. The Morgan fingerprint density at radius 2 is 2.29 bits per heavy atom. The van der Waals surface area contributed by atoms with Crippen LogP contribution in [-0.2, 0) is 0 Å². The summed E-state index contributed by atoms with van der Waals surface area (Å²) in [6, 6.07) is 3.74. The van der Waals surface area contributed by atoms with Crippen molar-refractivity contribution in [3.8, 4) is 5.75 Å². The number of ether oxygens (including phenoxy) is 1. The molecular weight excluding hydrogens is 226 g/mol. The van der Waals surface area contributed by atoms with Gasteiger partial charge in [0.05, 0.1) is 10.5 Å². The molecule has 1 aromatic rings. The lowest BCUT2D eigenvalue weighted by atomic mass is 10.1. The zero-order valence-electron chi connectivity index (χ0n) is 9.30. The van der Waals surface area contributed by atoms with Gasteiger partial charge < -0.3 is 15.8 Å². The number of nitrogens with zero attached hydrogens (tertiary/aromatic N) is 1. The Kier molecular flexibility index (Phi) is 4.41. The lowest BCUT2D eigenvalue weighted by Gasteiger charge is -2.08. The lowest BCUT2D eigenvalue weighted by Crippen LogP contribution is -2.18. The normalized spacial score (nSPS) is 9.94. The largest absolute Gasteiger partial charge is 0.491 e. The van der Waals surface area contributed by atoms with Gasteiger partial charge >= 0.3 is 0 Å². The number of nitrogens with two attached hydrogens (primary N) is 1. The van der Waals surface area contributed by atoms with Crippen molar-refractivity contribution in [3.05, 3.63) is 33.9 Å². The van der Waals surface area contributed by atoms with Crippen LogP contribution in [0.1, 0.15) is 10.4 Å². The number of amides is 1. The zero-order valence-corrected chi connectivity index (χ0v) is 9.30. The summed E-state index contributed by atoms with van der Waals surface area (Å²) in [5, 5.41) is 13.4. The minimum absolute atomic E-state index is 0.00954. The number of hydrogen-bond acceptors (Lipinski definition) is 5. The maximum absolute atomic E-state index is 11.1. The monoisotopic (exact) mass is 239 g/mol. The number of nitro benzene ring substituents is 1. The summed E-state index contributed by atoms with van der Waals surface area (Å²) < 4.78 is 5.29. The summed E-state index contributed by atoms with van der Waals surface area (Å²) in [5.41, 5.74) is 4.95. The number of likely N-dealkylation sites (N-methyl/N-ethyl adjacent to an activating group) is 1. The fourth-order valence-corrected chi connectivity index (χ4v) is 1.21. The molecule has 0 radical (unpaired) electrons. The summed E-state index contributed by atoms with van der Waals surface area (Å²) in [6.45, 7) is 0.934. The number of nitrogens with one attached hydrogen (secondary N) is 1. The molecule has 0 fully saturated rings. The second-order valence-corrected chi connectivity index (χ2v) is 3.25. The summed E-state index contributed by atoms with van der Waals surface area (Å²) in [6.07, 6.45) is 0. The molecule has 92 valence electrons. The summed E-state index contributed by atoms with van der Waals surface area (Å²) in [4.78, 5) is 21.1. The van der Waals surface area contributed by atoms with E-state index in [0.29, 0.717) is 13.2 Å². The van der Waals surface area contributed by atoms with Gasteiger partial charge in [-0.3, -0.25) is 14.9 Å². The molecule has 0 heterocycles. The van der Waals surface area contributed by atoms with Crippen molar-refractivity contribution in [2.75, 3.05) is 20.2 Å². The molecule has 0 bridgehead atoms. The Bertz CT molecular complexity index is 434. The molecule has 0 unspecified atom stereocenters. The number of carbonyl (C=O) groups is 1. The van der Waals surface area contributed by atoms with Gasteiger partial charge in [-0.05, 0) is 13.1 Å². The van der Waals surface area contributed by atoms with Crippen molar-refractivity contribution in [3.63, 3.8) is 0 Å². The second kappa shape index (κ2) is 5.80. The smallest absolute Gasteiger partial charge is 0.270 e. The van der Waals surface area contributed by atoms with Gasteiger partial charge in [-0.15, -0.1) is 0 Å². The van der Waals surface area contributed by atoms with E-state index in [0.717, 1.165) is 6.07 Å². The first kappa shape index (κ1) is 12.9. The highest BCUT2D eigenvalue weighted by molar-refractivity contribution is 5.96. The maximum atomic E-state index is 11.1. The number of benzene rings is 1. The molecule has 0 aliphatic rings. The molecule has 3 N–H and O–H groups in total. The van der Waals surface area contributed by atoms with E-state index in [1.54, 1.807) is 7.05 Å². The lowest BCUT2D eigenvalue weighted by molar-refractivity contribution is -0.384. The molecule has 0 atom stereocenters. The highest BCUT2D eigenvalue weighted by Crippen LogP contribution is 2.23. The van der Waals surface area contributed by atoms with Crippen molar-refractivity contribution in [1.82, 2.24) is 5.32 Å². The molecule has 0 spiro atoms. The number of carbonyl (C=O) groups excluding carboxylic acids is 1. The van der Waals surface area contributed by atoms with Crippen molar-refractivity contribution in [2.45, 2.75) is 0 Å². The molecule has 7 nitrogen and oxygen atoms in total. The van der Waals surface area contributed by atoms with Crippen LogP contribution in [0.4, 0.5) is 5.69 Å². The Balaban J connectivity index is 2.96. The van der Waals surface area contributed by atoms with Gasteiger partial charge in [0, 0.05) is 18.7 Å². The van der Waals surface area contributed by atoms with E-state index in [1.807, 2.05) is 0 Å². The van der Waals surface area contributed by atoms with Crippen LogP contribution in [0.25, 0.3) is 0 Å². The van der Waals surface area contributed by atoms with Crippen LogP contribution in [0.5, 0.6) is 5.75 Å². The van der Waals surface area contributed by atoms with Crippen LogP contribution in [0.15, 0.2) is 18.2 Å². The Hall–Kier alpha value is -2.15.